The van der Waals surface area contributed by atoms with E-state index < -0.39 is 0 Å². The van der Waals surface area contributed by atoms with Gasteiger partial charge >= 0.3 is 0 Å². The van der Waals surface area contributed by atoms with Crippen molar-refractivity contribution in [2.45, 2.75) is 58.5 Å². The minimum atomic E-state index is -0.00763. The normalized spacial score (nSPS) is 18.9. The highest BCUT2D eigenvalue weighted by Crippen LogP contribution is 2.29. The number of nitrogens with one attached hydrogen (secondary N) is 1. The van der Waals surface area contributed by atoms with Crippen molar-refractivity contribution in [3.05, 3.63) is 22.6 Å². The van der Waals surface area contributed by atoms with Crippen molar-refractivity contribution < 1.29 is 4.79 Å². The Bertz CT molecular complexity index is 628. The van der Waals surface area contributed by atoms with Crippen molar-refractivity contribution in [3.8, 4) is 0 Å². The Morgan fingerprint density at radius 2 is 2.00 bits per heavy atom. The summed E-state index contributed by atoms with van der Waals surface area (Å²) in [5.41, 5.74) is 0.894. The molecule has 2 aliphatic rings. The molecule has 132 valence electrons. The van der Waals surface area contributed by atoms with Gasteiger partial charge in [0.05, 0.1) is 11.9 Å². The third-order valence-corrected chi connectivity index (χ3v) is 4.80. The Kier molecular flexibility index (Phi) is 5.21. The number of anilines is 1. The number of carbonyl (C=O) groups is 1. The topological polar surface area (TPSA) is 67.2 Å². The highest BCUT2D eigenvalue weighted by Gasteiger charge is 2.24. The number of aromatic nitrogens is 2. The fourth-order valence-corrected chi connectivity index (χ4v) is 3.22. The summed E-state index contributed by atoms with van der Waals surface area (Å²) in [7, 11) is 0. The second-order valence-electron chi connectivity index (χ2n) is 7.60. The molecule has 6 nitrogen and oxygen atoms in total. The number of carbonyl (C=O) groups excluding carboxylic acids is 1. The van der Waals surface area contributed by atoms with Crippen LogP contribution in [-0.2, 0) is 11.3 Å². The molecule has 1 amide bonds. The molecule has 0 bridgehead atoms. The van der Waals surface area contributed by atoms with Crippen LogP contribution in [0.25, 0.3) is 0 Å². The van der Waals surface area contributed by atoms with Crippen LogP contribution < -0.4 is 15.8 Å². The molecule has 2 fully saturated rings. The van der Waals surface area contributed by atoms with E-state index in [1.54, 1.807) is 16.9 Å². The van der Waals surface area contributed by atoms with Gasteiger partial charge in [0.1, 0.15) is 0 Å². The van der Waals surface area contributed by atoms with Crippen LogP contribution in [0, 0.1) is 11.8 Å². The quantitative estimate of drug-likeness (QED) is 0.862. The molecular formula is C18H28N4O2. The zero-order chi connectivity index (χ0) is 17.1. The lowest BCUT2D eigenvalue weighted by Crippen LogP contribution is -2.45. The van der Waals surface area contributed by atoms with Crippen molar-refractivity contribution in [3.63, 3.8) is 0 Å². The molecule has 1 saturated heterocycles. The molecule has 1 aliphatic heterocycles. The minimum Gasteiger partial charge on any atom is -0.370 e. The van der Waals surface area contributed by atoms with Gasteiger partial charge in [-0.2, -0.15) is 5.10 Å². The molecule has 1 N–H and O–H groups in total. The molecule has 1 aromatic rings. The van der Waals surface area contributed by atoms with Gasteiger partial charge in [-0.05, 0) is 37.5 Å². The van der Waals surface area contributed by atoms with Crippen molar-refractivity contribution in [2.75, 3.05) is 18.0 Å². The van der Waals surface area contributed by atoms with Crippen LogP contribution in [0.3, 0.4) is 0 Å². The molecule has 1 saturated carbocycles. The number of amides is 1. The number of nitrogens with zero attached hydrogens (tertiary/aromatic N) is 3. The summed E-state index contributed by atoms with van der Waals surface area (Å²) in [4.78, 5) is 26.2. The maximum atomic E-state index is 12.2. The summed E-state index contributed by atoms with van der Waals surface area (Å²) in [5, 5.41) is 7.45. The van der Waals surface area contributed by atoms with E-state index in [0.717, 1.165) is 38.2 Å². The van der Waals surface area contributed by atoms with Gasteiger partial charge < -0.3 is 10.2 Å². The van der Waals surface area contributed by atoms with E-state index in [9.17, 15) is 9.59 Å². The van der Waals surface area contributed by atoms with Crippen LogP contribution in [0.15, 0.2) is 17.1 Å². The van der Waals surface area contributed by atoms with E-state index in [4.69, 9.17) is 0 Å². The van der Waals surface area contributed by atoms with Crippen molar-refractivity contribution in [2.24, 2.45) is 11.8 Å². The summed E-state index contributed by atoms with van der Waals surface area (Å²) in [6.07, 6.45) is 6.65. The van der Waals surface area contributed by atoms with E-state index in [1.807, 2.05) is 0 Å². The van der Waals surface area contributed by atoms with Gasteiger partial charge in [-0.3, -0.25) is 9.59 Å². The fraction of sp³-hybridized carbons (Fsp3) is 0.722. The first kappa shape index (κ1) is 17.0. The van der Waals surface area contributed by atoms with Crippen LogP contribution in [0.4, 0.5) is 5.69 Å². The molecule has 1 aliphatic carbocycles. The zero-order valence-electron chi connectivity index (χ0n) is 14.7. The fourth-order valence-electron chi connectivity index (χ4n) is 3.22. The Labute approximate surface area is 143 Å². The van der Waals surface area contributed by atoms with Gasteiger partial charge in [0.15, 0.2) is 0 Å². The lowest BCUT2D eigenvalue weighted by molar-refractivity contribution is -0.122. The van der Waals surface area contributed by atoms with Crippen LogP contribution in [0.2, 0.25) is 0 Å². The largest absolute Gasteiger partial charge is 0.370 e. The Balaban J connectivity index is 1.51. The standard InChI is InChI=1S/C18H28N4O2/c1-13(2)9-17(23)20-15-5-7-21(8-6-15)16-10-18(24)22(19-11-16)12-14-3-4-14/h10-11,13-15H,3-9,12H2,1-2H3,(H,20,23). The summed E-state index contributed by atoms with van der Waals surface area (Å²) in [6, 6.07) is 1.95. The smallest absolute Gasteiger partial charge is 0.268 e. The highest BCUT2D eigenvalue weighted by atomic mass is 16.1. The molecule has 0 aromatic carbocycles. The third-order valence-electron chi connectivity index (χ3n) is 4.80. The van der Waals surface area contributed by atoms with Crippen LogP contribution in [0.1, 0.15) is 46.0 Å². The lowest BCUT2D eigenvalue weighted by atomic mass is 10.0. The Morgan fingerprint density at radius 3 is 2.58 bits per heavy atom. The Morgan fingerprint density at radius 1 is 1.29 bits per heavy atom. The predicted molar refractivity (Wildman–Crippen MR) is 94.1 cm³/mol. The molecule has 2 heterocycles. The molecule has 0 spiro atoms. The van der Waals surface area contributed by atoms with E-state index in [2.05, 4.69) is 29.2 Å². The maximum Gasteiger partial charge on any atom is 0.268 e. The van der Waals surface area contributed by atoms with Crippen molar-refractivity contribution in [1.82, 2.24) is 15.1 Å². The number of piperidine rings is 1. The first-order chi connectivity index (χ1) is 11.5. The zero-order valence-corrected chi connectivity index (χ0v) is 14.7. The van der Waals surface area contributed by atoms with Gasteiger partial charge in [-0.15, -0.1) is 0 Å². The molecule has 1 aromatic heterocycles. The maximum absolute atomic E-state index is 12.2. The number of hydrogen-bond acceptors (Lipinski definition) is 4. The second-order valence-corrected chi connectivity index (χ2v) is 7.60. The van der Waals surface area contributed by atoms with Gasteiger partial charge in [0.2, 0.25) is 5.91 Å². The van der Waals surface area contributed by atoms with Crippen LogP contribution in [0.5, 0.6) is 0 Å². The summed E-state index contributed by atoms with van der Waals surface area (Å²) in [6.45, 7) is 6.56. The summed E-state index contributed by atoms with van der Waals surface area (Å²) >= 11 is 0. The van der Waals surface area contributed by atoms with E-state index >= 15 is 0 Å². The number of hydrogen-bond donors (Lipinski definition) is 1. The summed E-state index contributed by atoms with van der Waals surface area (Å²) in [5.74, 6) is 1.18. The lowest BCUT2D eigenvalue weighted by Gasteiger charge is -2.33. The van der Waals surface area contributed by atoms with Crippen LogP contribution >= 0.6 is 0 Å². The first-order valence-corrected chi connectivity index (χ1v) is 9.12. The minimum absolute atomic E-state index is 0.00763. The molecular weight excluding hydrogens is 304 g/mol. The van der Waals surface area contributed by atoms with Crippen molar-refractivity contribution in [1.29, 1.82) is 0 Å². The van der Waals surface area contributed by atoms with Gasteiger partial charge in [-0.25, -0.2) is 4.68 Å². The molecule has 0 atom stereocenters. The Hall–Kier alpha value is -1.85. The third kappa shape index (κ3) is 4.58. The molecule has 0 radical (unpaired) electrons. The molecule has 24 heavy (non-hydrogen) atoms. The average molecular weight is 332 g/mol. The van der Waals surface area contributed by atoms with E-state index in [1.165, 1.54) is 12.8 Å². The predicted octanol–water partition coefficient (Wildman–Crippen LogP) is 1.78. The van der Waals surface area contributed by atoms with Gasteiger partial charge in [0, 0.05) is 38.2 Å². The second kappa shape index (κ2) is 7.36. The highest BCUT2D eigenvalue weighted by molar-refractivity contribution is 5.76. The average Bonchev–Trinajstić information content (AvgIpc) is 3.33. The van der Waals surface area contributed by atoms with Crippen LogP contribution in [-0.4, -0.2) is 34.8 Å². The summed E-state index contributed by atoms with van der Waals surface area (Å²) < 4.78 is 1.58. The number of rotatable bonds is 6. The molecule has 3 rings (SSSR count). The van der Waals surface area contributed by atoms with E-state index in [-0.39, 0.29) is 17.5 Å². The van der Waals surface area contributed by atoms with Crippen molar-refractivity contribution >= 4 is 11.6 Å². The van der Waals surface area contributed by atoms with Gasteiger partial charge in [0.25, 0.3) is 5.56 Å². The molecule has 0 unspecified atom stereocenters. The monoisotopic (exact) mass is 332 g/mol. The first-order valence-electron chi connectivity index (χ1n) is 9.12. The van der Waals surface area contributed by atoms with E-state index in [0.29, 0.717) is 18.3 Å². The molecule has 6 heteroatoms. The SMILES string of the molecule is CC(C)CC(=O)NC1CCN(c2cnn(CC3CC3)c(=O)c2)CC1. The van der Waals surface area contributed by atoms with Gasteiger partial charge in [-0.1, -0.05) is 13.8 Å².